The summed E-state index contributed by atoms with van der Waals surface area (Å²) in [6.45, 7) is 6.50. The van der Waals surface area contributed by atoms with Crippen LogP contribution in [0.15, 0.2) is 41.7 Å². The van der Waals surface area contributed by atoms with E-state index in [0.717, 1.165) is 42.8 Å². The topological polar surface area (TPSA) is 54.2 Å². The summed E-state index contributed by atoms with van der Waals surface area (Å²) in [5, 5.41) is 10.6. The third-order valence-corrected chi connectivity index (χ3v) is 3.66. The van der Waals surface area contributed by atoms with Gasteiger partial charge in [0.1, 0.15) is 0 Å². The van der Waals surface area contributed by atoms with Crippen LogP contribution in [0.3, 0.4) is 0 Å². The Balaban J connectivity index is 1.83. The minimum absolute atomic E-state index is 0.311. The molecule has 0 bridgehead atoms. The molecule has 0 saturated carbocycles. The zero-order valence-corrected chi connectivity index (χ0v) is 15.0. The van der Waals surface area contributed by atoms with Crippen LogP contribution >= 0.6 is 0 Å². The van der Waals surface area contributed by atoms with Gasteiger partial charge >= 0.3 is 6.18 Å². The van der Waals surface area contributed by atoms with Gasteiger partial charge in [0, 0.05) is 25.8 Å². The van der Waals surface area contributed by atoms with Gasteiger partial charge in [0.15, 0.2) is 5.96 Å². The lowest BCUT2D eigenvalue weighted by Crippen LogP contribution is -2.38. The smallest absolute Gasteiger partial charge is 0.357 e. The van der Waals surface area contributed by atoms with E-state index < -0.39 is 11.7 Å². The number of hydrogen-bond acceptors (Lipinski definition) is 2. The van der Waals surface area contributed by atoms with Crippen LogP contribution in [-0.4, -0.2) is 28.8 Å². The Kier molecular flexibility index (Phi) is 7.06. The lowest BCUT2D eigenvalue weighted by Gasteiger charge is -2.11. The van der Waals surface area contributed by atoms with Crippen LogP contribution < -0.4 is 10.6 Å². The van der Waals surface area contributed by atoms with Gasteiger partial charge in [-0.25, -0.2) is 4.99 Å². The van der Waals surface area contributed by atoms with Gasteiger partial charge in [-0.1, -0.05) is 12.1 Å². The van der Waals surface area contributed by atoms with Gasteiger partial charge in [0.2, 0.25) is 0 Å². The third kappa shape index (κ3) is 6.42. The highest BCUT2D eigenvalue weighted by molar-refractivity contribution is 5.79. The molecule has 0 aliphatic rings. The number of nitrogens with one attached hydrogen (secondary N) is 2. The first-order valence-corrected chi connectivity index (χ1v) is 8.56. The Labute approximate surface area is 151 Å². The second kappa shape index (κ2) is 9.26. The van der Waals surface area contributed by atoms with Crippen LogP contribution in [0.4, 0.5) is 13.2 Å². The molecule has 2 N–H and O–H groups in total. The number of guanidine groups is 1. The van der Waals surface area contributed by atoms with Gasteiger partial charge in [0.25, 0.3) is 0 Å². The molecule has 2 aromatic rings. The molecule has 0 amide bonds. The molecule has 0 saturated heterocycles. The lowest BCUT2D eigenvalue weighted by atomic mass is 10.1. The van der Waals surface area contributed by atoms with Crippen molar-refractivity contribution in [2.24, 2.45) is 4.99 Å². The number of rotatable bonds is 7. The molecule has 8 heteroatoms. The fraction of sp³-hybridized carbons (Fsp3) is 0.444. The van der Waals surface area contributed by atoms with E-state index in [1.807, 2.05) is 30.9 Å². The van der Waals surface area contributed by atoms with Gasteiger partial charge in [0.05, 0.1) is 18.3 Å². The van der Waals surface area contributed by atoms with Crippen molar-refractivity contribution < 1.29 is 13.2 Å². The summed E-state index contributed by atoms with van der Waals surface area (Å²) in [5.41, 5.74) is 1.20. The minimum atomic E-state index is -4.31. The third-order valence-electron chi connectivity index (χ3n) is 3.66. The van der Waals surface area contributed by atoms with Gasteiger partial charge in [-0.05, 0) is 43.5 Å². The number of alkyl halides is 3. The molecule has 0 spiro atoms. The SMILES string of the molecule is CCNC(=NCc1ccc(C(F)(F)F)cc1)NCCCn1cc(C)cn1. The molecule has 5 nitrogen and oxygen atoms in total. The maximum Gasteiger partial charge on any atom is 0.416 e. The lowest BCUT2D eigenvalue weighted by molar-refractivity contribution is -0.137. The summed E-state index contributed by atoms with van der Waals surface area (Å²) in [4.78, 5) is 4.41. The zero-order valence-electron chi connectivity index (χ0n) is 15.0. The normalized spacial score (nSPS) is 12.3. The van der Waals surface area contributed by atoms with Crippen molar-refractivity contribution in [3.63, 3.8) is 0 Å². The molecule has 0 atom stereocenters. The van der Waals surface area contributed by atoms with Crippen LogP contribution in [-0.2, 0) is 19.3 Å². The Morgan fingerprint density at radius 3 is 2.50 bits per heavy atom. The van der Waals surface area contributed by atoms with Crippen molar-refractivity contribution in [1.29, 1.82) is 0 Å². The monoisotopic (exact) mass is 367 g/mol. The Hall–Kier alpha value is -2.51. The highest BCUT2D eigenvalue weighted by Crippen LogP contribution is 2.29. The average molecular weight is 367 g/mol. The Morgan fingerprint density at radius 2 is 1.92 bits per heavy atom. The Bertz CT molecular complexity index is 704. The fourth-order valence-corrected chi connectivity index (χ4v) is 2.35. The Morgan fingerprint density at radius 1 is 1.19 bits per heavy atom. The van der Waals surface area contributed by atoms with E-state index in [1.165, 1.54) is 12.1 Å². The molecule has 1 heterocycles. The summed E-state index contributed by atoms with van der Waals surface area (Å²) in [5.74, 6) is 0.643. The zero-order chi connectivity index (χ0) is 19.0. The van der Waals surface area contributed by atoms with Crippen molar-refractivity contribution >= 4 is 5.96 Å². The van der Waals surface area contributed by atoms with Crippen molar-refractivity contribution in [3.05, 3.63) is 53.3 Å². The molecule has 1 aromatic carbocycles. The first-order valence-electron chi connectivity index (χ1n) is 8.56. The number of aliphatic imine (C=N–C) groups is 1. The summed E-state index contributed by atoms with van der Waals surface area (Å²) in [6, 6.07) is 5.07. The first kappa shape index (κ1) is 19.8. The average Bonchev–Trinajstić information content (AvgIpc) is 3.01. The van der Waals surface area contributed by atoms with E-state index in [1.54, 1.807) is 0 Å². The molecule has 2 rings (SSSR count). The molecule has 0 fully saturated rings. The van der Waals surface area contributed by atoms with Crippen molar-refractivity contribution in [2.75, 3.05) is 13.1 Å². The van der Waals surface area contributed by atoms with E-state index in [2.05, 4.69) is 20.7 Å². The molecular weight excluding hydrogens is 343 g/mol. The van der Waals surface area contributed by atoms with E-state index >= 15 is 0 Å². The van der Waals surface area contributed by atoms with Gasteiger partial charge in [-0.3, -0.25) is 4.68 Å². The first-order chi connectivity index (χ1) is 12.4. The molecule has 0 aliphatic carbocycles. The second-order valence-corrected chi connectivity index (χ2v) is 5.95. The number of halogens is 3. The predicted molar refractivity (Wildman–Crippen MR) is 95.8 cm³/mol. The quantitative estimate of drug-likeness (QED) is 0.448. The summed E-state index contributed by atoms with van der Waals surface area (Å²) in [6.07, 6.45) is 0.379. The van der Waals surface area contributed by atoms with Crippen LogP contribution in [0, 0.1) is 6.92 Å². The summed E-state index contributed by atoms with van der Waals surface area (Å²) in [7, 11) is 0. The van der Waals surface area contributed by atoms with Crippen LogP contribution in [0.25, 0.3) is 0 Å². The van der Waals surface area contributed by atoms with Gasteiger partial charge in [-0.15, -0.1) is 0 Å². The predicted octanol–water partition coefficient (Wildman–Crippen LogP) is 3.36. The second-order valence-electron chi connectivity index (χ2n) is 5.95. The van der Waals surface area contributed by atoms with E-state index in [0.29, 0.717) is 19.0 Å². The van der Waals surface area contributed by atoms with Crippen LogP contribution in [0.1, 0.15) is 30.0 Å². The highest BCUT2D eigenvalue weighted by Gasteiger charge is 2.29. The minimum Gasteiger partial charge on any atom is -0.357 e. The van der Waals surface area contributed by atoms with E-state index in [9.17, 15) is 13.2 Å². The molecule has 26 heavy (non-hydrogen) atoms. The van der Waals surface area contributed by atoms with E-state index in [4.69, 9.17) is 0 Å². The highest BCUT2D eigenvalue weighted by atomic mass is 19.4. The summed E-state index contributed by atoms with van der Waals surface area (Å²) < 4.78 is 39.6. The maximum atomic E-state index is 12.6. The van der Waals surface area contributed by atoms with Crippen LogP contribution in [0.5, 0.6) is 0 Å². The molecule has 0 aliphatic heterocycles. The molecule has 142 valence electrons. The maximum absolute atomic E-state index is 12.6. The standard InChI is InChI=1S/C18H24F3N5/c1-3-22-17(23-9-4-10-26-13-14(2)11-25-26)24-12-15-5-7-16(8-6-15)18(19,20)21/h5-8,11,13H,3-4,9-10,12H2,1-2H3,(H2,22,23,24). The number of hydrogen-bond donors (Lipinski definition) is 2. The van der Waals surface area contributed by atoms with E-state index in [-0.39, 0.29) is 0 Å². The van der Waals surface area contributed by atoms with Gasteiger partial charge in [-0.2, -0.15) is 18.3 Å². The van der Waals surface area contributed by atoms with Crippen LogP contribution in [0.2, 0.25) is 0 Å². The van der Waals surface area contributed by atoms with Crippen molar-refractivity contribution in [2.45, 2.75) is 39.5 Å². The van der Waals surface area contributed by atoms with Gasteiger partial charge < -0.3 is 10.6 Å². The fourth-order valence-electron chi connectivity index (χ4n) is 2.35. The van der Waals surface area contributed by atoms with Crippen molar-refractivity contribution in [3.8, 4) is 0 Å². The number of nitrogens with zero attached hydrogens (tertiary/aromatic N) is 3. The largest absolute Gasteiger partial charge is 0.416 e. The number of aryl methyl sites for hydroxylation is 2. The van der Waals surface area contributed by atoms with Crippen molar-refractivity contribution in [1.82, 2.24) is 20.4 Å². The molecule has 0 radical (unpaired) electrons. The molecule has 1 aromatic heterocycles. The summed E-state index contributed by atoms with van der Waals surface area (Å²) >= 11 is 0. The molecule has 0 unspecified atom stereocenters. The number of aromatic nitrogens is 2. The molecular formula is C18H24F3N5. The number of benzene rings is 1.